The van der Waals surface area contributed by atoms with E-state index in [1.165, 1.54) is 5.57 Å². The van der Waals surface area contributed by atoms with E-state index in [1.807, 2.05) is 18.2 Å². The first kappa shape index (κ1) is 19.1. The van der Waals surface area contributed by atoms with Crippen molar-refractivity contribution in [2.75, 3.05) is 5.01 Å². The van der Waals surface area contributed by atoms with Crippen molar-refractivity contribution < 1.29 is 0 Å². The summed E-state index contributed by atoms with van der Waals surface area (Å²) in [4.78, 5) is 0. The summed E-state index contributed by atoms with van der Waals surface area (Å²) < 4.78 is 0. The van der Waals surface area contributed by atoms with Gasteiger partial charge in [0, 0.05) is 12.4 Å². The third-order valence-corrected chi connectivity index (χ3v) is 4.18. The van der Waals surface area contributed by atoms with Gasteiger partial charge in [0.15, 0.2) is 0 Å². The summed E-state index contributed by atoms with van der Waals surface area (Å²) in [6.07, 6.45) is 0.859. The highest BCUT2D eigenvalue weighted by molar-refractivity contribution is 6.39. The van der Waals surface area contributed by atoms with E-state index >= 15 is 0 Å². The van der Waals surface area contributed by atoms with Crippen LogP contribution in [0, 0.1) is 11.3 Å². The normalized spacial score (nSPS) is 13.1. The predicted molar refractivity (Wildman–Crippen MR) is 100 cm³/mol. The van der Waals surface area contributed by atoms with Crippen LogP contribution in [0.4, 0.5) is 5.69 Å². The van der Waals surface area contributed by atoms with Crippen LogP contribution in [0.5, 0.6) is 0 Å². The van der Waals surface area contributed by atoms with E-state index in [-0.39, 0.29) is 5.41 Å². The molecule has 122 valence electrons. The van der Waals surface area contributed by atoms with Crippen molar-refractivity contribution in [1.29, 1.82) is 0 Å². The Kier molecular flexibility index (Phi) is 6.51. The van der Waals surface area contributed by atoms with Crippen molar-refractivity contribution in [3.05, 3.63) is 39.5 Å². The van der Waals surface area contributed by atoms with E-state index in [0.29, 0.717) is 21.7 Å². The maximum atomic E-state index is 6.37. The van der Waals surface area contributed by atoms with Gasteiger partial charge >= 0.3 is 0 Å². The van der Waals surface area contributed by atoms with Crippen molar-refractivity contribution in [2.24, 2.45) is 16.4 Å². The zero-order valence-corrected chi connectivity index (χ0v) is 15.9. The molecule has 1 aromatic carbocycles. The van der Waals surface area contributed by atoms with Crippen molar-refractivity contribution >= 4 is 35.6 Å². The summed E-state index contributed by atoms with van der Waals surface area (Å²) >= 11 is 12.7. The lowest BCUT2D eigenvalue weighted by molar-refractivity contribution is 0.401. The fraction of sp³-hybridized carbons (Fsp3) is 0.500. The molecular weight excluding hydrogens is 315 g/mol. The molecule has 0 spiro atoms. The summed E-state index contributed by atoms with van der Waals surface area (Å²) in [5.41, 5.74) is 3.17. The molecular formula is C18H26Cl2N2. The standard InChI is InChI=1S/C18H26Cl2N2/c1-12(2)13(3)16(11-18(4,5)6)22(21-7)17-14(19)9-8-10-15(17)20/h8-10,12H,7,11H2,1-6H3/b16-13+. The number of anilines is 1. The summed E-state index contributed by atoms with van der Waals surface area (Å²) in [6.45, 7) is 16.8. The quantitative estimate of drug-likeness (QED) is 0.426. The number of hydrazone groups is 1. The Morgan fingerprint density at radius 3 is 2.09 bits per heavy atom. The fourth-order valence-electron chi connectivity index (χ4n) is 2.20. The van der Waals surface area contributed by atoms with Crippen LogP contribution in [0.2, 0.25) is 10.0 Å². The van der Waals surface area contributed by atoms with Gasteiger partial charge in [-0.05, 0) is 42.4 Å². The second kappa shape index (κ2) is 7.52. The average Bonchev–Trinajstić information content (AvgIpc) is 2.39. The molecule has 0 N–H and O–H groups in total. The number of rotatable bonds is 5. The lowest BCUT2D eigenvalue weighted by Gasteiger charge is -2.31. The van der Waals surface area contributed by atoms with Gasteiger partial charge in [-0.1, -0.05) is 63.9 Å². The van der Waals surface area contributed by atoms with Crippen LogP contribution < -0.4 is 5.01 Å². The largest absolute Gasteiger partial charge is 0.235 e. The van der Waals surface area contributed by atoms with Crippen LogP contribution in [0.1, 0.15) is 48.0 Å². The first-order chi connectivity index (χ1) is 10.1. The number of hydrogen-bond acceptors (Lipinski definition) is 2. The molecule has 0 saturated heterocycles. The van der Waals surface area contributed by atoms with Crippen LogP contribution in [0.3, 0.4) is 0 Å². The molecule has 0 atom stereocenters. The van der Waals surface area contributed by atoms with Gasteiger partial charge in [0.1, 0.15) is 5.69 Å². The topological polar surface area (TPSA) is 15.6 Å². The zero-order chi connectivity index (χ0) is 17.1. The molecule has 1 rings (SSSR count). The minimum Gasteiger partial charge on any atom is -0.235 e. The molecule has 0 fully saturated rings. The molecule has 0 radical (unpaired) electrons. The number of hydrogen-bond donors (Lipinski definition) is 0. The molecule has 0 aliphatic heterocycles. The molecule has 0 aromatic heterocycles. The molecule has 0 aliphatic carbocycles. The highest BCUT2D eigenvalue weighted by atomic mass is 35.5. The second-order valence-electron chi connectivity index (χ2n) is 7.05. The van der Waals surface area contributed by atoms with Crippen LogP contribution in [0.25, 0.3) is 0 Å². The molecule has 0 amide bonds. The number of halogens is 2. The van der Waals surface area contributed by atoms with Gasteiger partial charge in [0.05, 0.1) is 10.0 Å². The number of benzene rings is 1. The molecule has 1 aromatic rings. The highest BCUT2D eigenvalue weighted by Gasteiger charge is 2.24. The van der Waals surface area contributed by atoms with Gasteiger partial charge < -0.3 is 0 Å². The Bertz CT molecular complexity index is 549. The fourth-order valence-corrected chi connectivity index (χ4v) is 2.76. The smallest absolute Gasteiger partial charge is 0.102 e. The van der Waals surface area contributed by atoms with Gasteiger partial charge in [-0.2, -0.15) is 5.10 Å². The Morgan fingerprint density at radius 2 is 1.73 bits per heavy atom. The van der Waals surface area contributed by atoms with Crippen LogP contribution in [0.15, 0.2) is 34.6 Å². The highest BCUT2D eigenvalue weighted by Crippen LogP contribution is 2.40. The van der Waals surface area contributed by atoms with Crippen LogP contribution >= 0.6 is 23.2 Å². The Labute approximate surface area is 144 Å². The molecule has 0 unspecified atom stereocenters. The van der Waals surface area contributed by atoms with Gasteiger partial charge in [0.25, 0.3) is 0 Å². The molecule has 4 heteroatoms. The first-order valence-corrected chi connectivity index (χ1v) is 8.24. The van der Waals surface area contributed by atoms with Crippen molar-refractivity contribution in [2.45, 2.75) is 48.0 Å². The SMILES string of the molecule is C=NN(/C(CC(C)(C)C)=C(\C)C(C)C)c1c(Cl)cccc1Cl. The Hall–Kier alpha value is -0.990. The summed E-state index contributed by atoms with van der Waals surface area (Å²) in [5, 5.41) is 7.17. The first-order valence-electron chi connectivity index (χ1n) is 7.49. The molecule has 0 aliphatic rings. The molecule has 0 bridgehead atoms. The van der Waals surface area contributed by atoms with E-state index in [4.69, 9.17) is 23.2 Å². The van der Waals surface area contributed by atoms with Gasteiger partial charge in [-0.3, -0.25) is 0 Å². The summed E-state index contributed by atoms with van der Waals surface area (Å²) in [7, 11) is 0. The Morgan fingerprint density at radius 1 is 1.23 bits per heavy atom. The number of para-hydroxylation sites is 1. The maximum absolute atomic E-state index is 6.37. The zero-order valence-electron chi connectivity index (χ0n) is 14.4. The van der Waals surface area contributed by atoms with E-state index in [1.54, 1.807) is 5.01 Å². The minimum absolute atomic E-state index is 0.113. The molecule has 0 saturated carbocycles. The van der Waals surface area contributed by atoms with E-state index in [9.17, 15) is 0 Å². The summed E-state index contributed by atoms with van der Waals surface area (Å²) in [5.74, 6) is 0.405. The maximum Gasteiger partial charge on any atom is 0.102 e. The Balaban J connectivity index is 3.50. The minimum atomic E-state index is 0.113. The monoisotopic (exact) mass is 340 g/mol. The van der Waals surface area contributed by atoms with E-state index in [0.717, 1.165) is 12.1 Å². The van der Waals surface area contributed by atoms with E-state index < -0.39 is 0 Å². The van der Waals surface area contributed by atoms with Gasteiger partial charge in [-0.25, -0.2) is 5.01 Å². The summed E-state index contributed by atoms with van der Waals surface area (Å²) in [6, 6.07) is 5.47. The second-order valence-corrected chi connectivity index (χ2v) is 7.86. The van der Waals surface area contributed by atoms with E-state index in [2.05, 4.69) is 53.4 Å². The molecule has 22 heavy (non-hydrogen) atoms. The molecule has 0 heterocycles. The van der Waals surface area contributed by atoms with Crippen molar-refractivity contribution in [1.82, 2.24) is 0 Å². The lowest BCUT2D eigenvalue weighted by atomic mass is 9.87. The van der Waals surface area contributed by atoms with Crippen LogP contribution in [-0.4, -0.2) is 6.72 Å². The van der Waals surface area contributed by atoms with Crippen molar-refractivity contribution in [3.8, 4) is 0 Å². The van der Waals surface area contributed by atoms with Crippen molar-refractivity contribution in [3.63, 3.8) is 0 Å². The lowest BCUT2D eigenvalue weighted by Crippen LogP contribution is -2.23. The molecule has 2 nitrogen and oxygen atoms in total. The van der Waals surface area contributed by atoms with Crippen LogP contribution in [-0.2, 0) is 0 Å². The third-order valence-electron chi connectivity index (χ3n) is 3.57. The van der Waals surface area contributed by atoms with Gasteiger partial charge in [0.2, 0.25) is 0 Å². The average molecular weight is 341 g/mol. The number of nitrogens with zero attached hydrogens (tertiary/aromatic N) is 2. The number of allylic oxidation sites excluding steroid dienone is 2. The third kappa shape index (κ3) is 4.76. The van der Waals surface area contributed by atoms with Gasteiger partial charge in [-0.15, -0.1) is 0 Å². The predicted octanol–water partition coefficient (Wildman–Crippen LogP) is 6.78.